The van der Waals surface area contributed by atoms with Crippen LogP contribution in [-0.2, 0) is 0 Å². The molecule has 0 spiro atoms. The number of carbonyl (C=O) groups is 1. The molecule has 1 aromatic rings. The fraction of sp³-hybridized carbons (Fsp3) is 0.333. The molecule has 0 saturated heterocycles. The first-order valence-electron chi connectivity index (χ1n) is 5.13. The van der Waals surface area contributed by atoms with Crippen LogP contribution in [-0.4, -0.2) is 24.4 Å². The Morgan fingerprint density at radius 2 is 2.33 bits per heavy atom. The van der Waals surface area contributed by atoms with Gasteiger partial charge in [0, 0.05) is 24.8 Å². The van der Waals surface area contributed by atoms with Crippen molar-refractivity contribution < 1.29 is 4.79 Å². The lowest BCUT2D eigenvalue weighted by Gasteiger charge is -2.25. The van der Waals surface area contributed by atoms with Crippen molar-refractivity contribution in [2.45, 2.75) is 13.3 Å². The molecule has 0 N–H and O–H groups in total. The number of nitrogens with zero attached hydrogens (tertiary/aromatic N) is 2. The van der Waals surface area contributed by atoms with E-state index < -0.39 is 0 Å². The number of carbonyl (C=O) groups excluding carboxylic acids is 1. The molecule has 0 saturated carbocycles. The number of pyridine rings is 1. The summed E-state index contributed by atoms with van der Waals surface area (Å²) in [4.78, 5) is 17.1. The Morgan fingerprint density at radius 1 is 1.47 bits per heavy atom. The first kappa shape index (κ1) is 9.90. The lowest BCUT2D eigenvalue weighted by Crippen LogP contribution is -2.28. The highest BCUT2D eigenvalue weighted by Gasteiger charge is 2.11. The van der Waals surface area contributed by atoms with Crippen LogP contribution in [0.5, 0.6) is 0 Å². The molecular weight excluding hydrogens is 188 g/mol. The van der Waals surface area contributed by atoms with Crippen molar-refractivity contribution in [3.8, 4) is 0 Å². The van der Waals surface area contributed by atoms with E-state index in [-0.39, 0.29) is 0 Å². The quantitative estimate of drug-likeness (QED) is 0.543. The second kappa shape index (κ2) is 4.26. The molecule has 3 heteroatoms. The van der Waals surface area contributed by atoms with E-state index in [0.29, 0.717) is 5.56 Å². The molecule has 0 radical (unpaired) electrons. The standard InChI is InChI=1S/C12H14N2O/c1-10-7-11(9-15)8-13-12(10)14-5-3-2-4-6-14/h2-3,7-9H,4-6H2,1H3. The fourth-order valence-corrected chi connectivity index (χ4v) is 1.82. The summed E-state index contributed by atoms with van der Waals surface area (Å²) in [7, 11) is 0. The van der Waals surface area contributed by atoms with Crippen LogP contribution in [0.15, 0.2) is 24.4 Å². The maximum absolute atomic E-state index is 10.6. The van der Waals surface area contributed by atoms with Gasteiger partial charge in [0.1, 0.15) is 5.82 Å². The molecule has 0 bridgehead atoms. The van der Waals surface area contributed by atoms with Crippen LogP contribution in [0.1, 0.15) is 22.3 Å². The van der Waals surface area contributed by atoms with Crippen molar-refractivity contribution in [2.24, 2.45) is 0 Å². The number of aldehydes is 1. The molecule has 2 heterocycles. The molecule has 0 amide bonds. The smallest absolute Gasteiger partial charge is 0.151 e. The van der Waals surface area contributed by atoms with E-state index in [9.17, 15) is 4.79 Å². The first-order valence-corrected chi connectivity index (χ1v) is 5.13. The normalized spacial score (nSPS) is 15.4. The zero-order chi connectivity index (χ0) is 10.7. The van der Waals surface area contributed by atoms with Crippen LogP contribution in [0.2, 0.25) is 0 Å². The minimum Gasteiger partial charge on any atom is -0.352 e. The molecule has 0 unspecified atom stereocenters. The van der Waals surface area contributed by atoms with Gasteiger partial charge in [-0.2, -0.15) is 0 Å². The summed E-state index contributed by atoms with van der Waals surface area (Å²) >= 11 is 0. The van der Waals surface area contributed by atoms with Gasteiger partial charge in [0.15, 0.2) is 6.29 Å². The second-order valence-electron chi connectivity index (χ2n) is 3.73. The Labute approximate surface area is 89.4 Å². The van der Waals surface area contributed by atoms with E-state index in [1.54, 1.807) is 6.20 Å². The Hall–Kier alpha value is -1.64. The van der Waals surface area contributed by atoms with E-state index in [4.69, 9.17) is 0 Å². The summed E-state index contributed by atoms with van der Waals surface area (Å²) in [6.45, 7) is 3.91. The van der Waals surface area contributed by atoms with Crippen LogP contribution < -0.4 is 4.90 Å². The minimum atomic E-state index is 0.642. The Bertz CT molecular complexity index is 399. The van der Waals surface area contributed by atoms with Gasteiger partial charge in [-0.1, -0.05) is 12.2 Å². The lowest BCUT2D eigenvalue weighted by atomic mass is 10.2. The van der Waals surface area contributed by atoms with E-state index >= 15 is 0 Å². The van der Waals surface area contributed by atoms with Gasteiger partial charge in [0.2, 0.25) is 0 Å². The summed E-state index contributed by atoms with van der Waals surface area (Å²) in [6, 6.07) is 1.88. The third-order valence-corrected chi connectivity index (χ3v) is 2.57. The van der Waals surface area contributed by atoms with Crippen LogP contribution in [0.4, 0.5) is 5.82 Å². The highest BCUT2D eigenvalue weighted by atomic mass is 16.1. The van der Waals surface area contributed by atoms with Gasteiger partial charge < -0.3 is 4.90 Å². The average Bonchev–Trinajstić information content (AvgIpc) is 2.30. The van der Waals surface area contributed by atoms with Gasteiger partial charge in [0.25, 0.3) is 0 Å². The van der Waals surface area contributed by atoms with Crippen molar-refractivity contribution in [3.05, 3.63) is 35.5 Å². The molecule has 1 aromatic heterocycles. The summed E-state index contributed by atoms with van der Waals surface area (Å²) in [5.41, 5.74) is 1.71. The second-order valence-corrected chi connectivity index (χ2v) is 3.73. The van der Waals surface area contributed by atoms with Crippen molar-refractivity contribution in [1.29, 1.82) is 0 Å². The van der Waals surface area contributed by atoms with Crippen molar-refractivity contribution >= 4 is 12.1 Å². The molecule has 2 rings (SSSR count). The topological polar surface area (TPSA) is 33.2 Å². The van der Waals surface area contributed by atoms with Crippen LogP contribution in [0.25, 0.3) is 0 Å². The summed E-state index contributed by atoms with van der Waals surface area (Å²) in [5.74, 6) is 0.991. The number of aromatic nitrogens is 1. The summed E-state index contributed by atoms with van der Waals surface area (Å²) < 4.78 is 0. The maximum Gasteiger partial charge on any atom is 0.151 e. The Kier molecular flexibility index (Phi) is 2.81. The van der Waals surface area contributed by atoms with Crippen molar-refractivity contribution in [3.63, 3.8) is 0 Å². The number of anilines is 1. The van der Waals surface area contributed by atoms with E-state index in [0.717, 1.165) is 37.2 Å². The molecule has 1 aliphatic heterocycles. The van der Waals surface area contributed by atoms with Crippen molar-refractivity contribution in [1.82, 2.24) is 4.98 Å². The molecular formula is C12H14N2O. The van der Waals surface area contributed by atoms with Crippen molar-refractivity contribution in [2.75, 3.05) is 18.0 Å². The maximum atomic E-state index is 10.6. The van der Waals surface area contributed by atoms with Crippen LogP contribution in [0, 0.1) is 6.92 Å². The molecule has 0 aliphatic carbocycles. The van der Waals surface area contributed by atoms with E-state index in [2.05, 4.69) is 22.0 Å². The highest BCUT2D eigenvalue weighted by molar-refractivity contribution is 5.75. The van der Waals surface area contributed by atoms with Gasteiger partial charge in [-0.15, -0.1) is 0 Å². The SMILES string of the molecule is Cc1cc(C=O)cnc1N1CC=CCC1. The zero-order valence-corrected chi connectivity index (χ0v) is 8.81. The first-order chi connectivity index (χ1) is 7.31. The number of hydrogen-bond acceptors (Lipinski definition) is 3. The zero-order valence-electron chi connectivity index (χ0n) is 8.81. The van der Waals surface area contributed by atoms with E-state index in [1.807, 2.05) is 13.0 Å². The largest absolute Gasteiger partial charge is 0.352 e. The predicted molar refractivity (Wildman–Crippen MR) is 60.3 cm³/mol. The fourth-order valence-electron chi connectivity index (χ4n) is 1.82. The number of rotatable bonds is 2. The minimum absolute atomic E-state index is 0.642. The molecule has 0 atom stereocenters. The third-order valence-electron chi connectivity index (χ3n) is 2.57. The van der Waals surface area contributed by atoms with Gasteiger partial charge in [0.05, 0.1) is 0 Å². The van der Waals surface area contributed by atoms with Gasteiger partial charge >= 0.3 is 0 Å². The Morgan fingerprint density at radius 3 is 2.93 bits per heavy atom. The third kappa shape index (κ3) is 2.06. The highest BCUT2D eigenvalue weighted by Crippen LogP contribution is 2.19. The molecule has 78 valence electrons. The number of hydrogen-bond donors (Lipinski definition) is 0. The summed E-state index contributed by atoms with van der Waals surface area (Å²) in [5, 5.41) is 0. The summed E-state index contributed by atoms with van der Waals surface area (Å²) in [6.07, 6.45) is 7.87. The van der Waals surface area contributed by atoms with Gasteiger partial charge in [-0.25, -0.2) is 4.98 Å². The van der Waals surface area contributed by atoms with Crippen LogP contribution >= 0.6 is 0 Å². The molecule has 1 aliphatic rings. The molecule has 0 aromatic carbocycles. The van der Waals surface area contributed by atoms with E-state index in [1.165, 1.54) is 0 Å². The molecule has 0 fully saturated rings. The predicted octanol–water partition coefficient (Wildman–Crippen LogP) is 1.97. The number of aryl methyl sites for hydroxylation is 1. The molecule has 15 heavy (non-hydrogen) atoms. The van der Waals surface area contributed by atoms with Gasteiger partial charge in [-0.05, 0) is 25.0 Å². The molecule has 3 nitrogen and oxygen atoms in total. The van der Waals surface area contributed by atoms with Gasteiger partial charge in [-0.3, -0.25) is 4.79 Å². The van der Waals surface area contributed by atoms with Crippen LogP contribution in [0.3, 0.4) is 0 Å². The monoisotopic (exact) mass is 202 g/mol. The lowest BCUT2D eigenvalue weighted by molar-refractivity contribution is 0.112. The average molecular weight is 202 g/mol. The Balaban J connectivity index is 2.28.